The van der Waals surface area contributed by atoms with Gasteiger partial charge in [0.25, 0.3) is 0 Å². The van der Waals surface area contributed by atoms with Crippen molar-refractivity contribution in [2.45, 2.75) is 70.4 Å². The molecule has 0 unspecified atom stereocenters. The van der Waals surface area contributed by atoms with E-state index in [1.54, 1.807) is 12.1 Å². The number of aliphatic hydroxyl groups excluding tert-OH is 1. The Morgan fingerprint density at radius 1 is 1.32 bits per heavy atom. The van der Waals surface area contributed by atoms with Gasteiger partial charge in [0.05, 0.1) is 17.7 Å². The molecule has 28 heavy (non-hydrogen) atoms. The Labute approximate surface area is 167 Å². The highest BCUT2D eigenvalue weighted by Crippen LogP contribution is 2.47. The first-order chi connectivity index (χ1) is 13.4. The highest BCUT2D eigenvalue weighted by molar-refractivity contribution is 5.87. The molecule has 3 rings (SSSR count). The van der Waals surface area contributed by atoms with E-state index in [9.17, 15) is 14.7 Å². The fraction of sp³-hybridized carbons (Fsp3) is 0.565. The average Bonchev–Trinajstić information content (AvgIpc) is 2.99. The first kappa shape index (κ1) is 20.6. The summed E-state index contributed by atoms with van der Waals surface area (Å²) in [6.07, 6.45) is 11.1. The minimum atomic E-state index is -0.930. The molecule has 5 heteroatoms. The smallest absolute Gasteiger partial charge is 0.335 e. The molecule has 1 amide bonds. The van der Waals surface area contributed by atoms with Gasteiger partial charge in [-0.1, -0.05) is 37.6 Å². The zero-order valence-electron chi connectivity index (χ0n) is 16.6. The van der Waals surface area contributed by atoms with Crippen LogP contribution in [-0.2, 0) is 11.2 Å². The Morgan fingerprint density at radius 2 is 2.04 bits per heavy atom. The number of hydrogen-bond acceptors (Lipinski definition) is 3. The largest absolute Gasteiger partial charge is 0.478 e. The standard InChI is InChI=1S/C23H31NO4/c1-2-23(14-4-15-23)20(25)6-3-5-19-11-12-21(26)24(19)16-13-17-7-9-18(10-8-17)22(27)28/h3,5,7-10,19-20,25H,2,4,6,11-16H2,1H3,(H,27,28)/t19-,20+/m0/s1. The minimum absolute atomic E-state index is 0.0944. The number of carbonyl (C=O) groups is 2. The van der Waals surface area contributed by atoms with Crippen LogP contribution in [0.15, 0.2) is 36.4 Å². The summed E-state index contributed by atoms with van der Waals surface area (Å²) in [5.74, 6) is -0.762. The second-order valence-corrected chi connectivity index (χ2v) is 8.19. The Morgan fingerprint density at radius 3 is 2.61 bits per heavy atom. The Bertz CT molecular complexity index is 715. The second kappa shape index (κ2) is 8.91. The monoisotopic (exact) mass is 385 g/mol. The molecule has 2 atom stereocenters. The lowest BCUT2D eigenvalue weighted by atomic mass is 9.63. The molecule has 0 spiro atoms. The van der Waals surface area contributed by atoms with Gasteiger partial charge in [0.15, 0.2) is 0 Å². The van der Waals surface area contributed by atoms with Crippen molar-refractivity contribution in [2.75, 3.05) is 6.54 Å². The molecule has 1 aliphatic carbocycles. The number of amides is 1. The number of aromatic carboxylic acids is 1. The third-order valence-corrected chi connectivity index (χ3v) is 6.69. The number of rotatable bonds is 9. The number of nitrogens with zero attached hydrogens (tertiary/aromatic N) is 1. The van der Waals surface area contributed by atoms with Crippen molar-refractivity contribution in [1.82, 2.24) is 4.90 Å². The number of aliphatic hydroxyl groups is 1. The normalized spacial score (nSPS) is 22.4. The van der Waals surface area contributed by atoms with Crippen LogP contribution < -0.4 is 0 Å². The summed E-state index contributed by atoms with van der Waals surface area (Å²) in [4.78, 5) is 25.1. The van der Waals surface area contributed by atoms with Crippen LogP contribution in [0.5, 0.6) is 0 Å². The van der Waals surface area contributed by atoms with Gasteiger partial charge < -0.3 is 15.1 Å². The molecule has 0 radical (unpaired) electrons. The van der Waals surface area contributed by atoms with Crippen molar-refractivity contribution in [1.29, 1.82) is 0 Å². The Hall–Kier alpha value is -2.14. The van der Waals surface area contributed by atoms with Crippen LogP contribution in [0.2, 0.25) is 0 Å². The maximum Gasteiger partial charge on any atom is 0.335 e. The van der Waals surface area contributed by atoms with Crippen LogP contribution in [0.4, 0.5) is 0 Å². The van der Waals surface area contributed by atoms with Crippen LogP contribution in [0.1, 0.15) is 67.8 Å². The van der Waals surface area contributed by atoms with E-state index in [0.717, 1.165) is 31.2 Å². The minimum Gasteiger partial charge on any atom is -0.478 e. The molecule has 0 aromatic heterocycles. The van der Waals surface area contributed by atoms with E-state index < -0.39 is 5.97 Å². The summed E-state index contributed by atoms with van der Waals surface area (Å²) >= 11 is 0. The van der Waals surface area contributed by atoms with Gasteiger partial charge in [0.1, 0.15) is 0 Å². The van der Waals surface area contributed by atoms with E-state index >= 15 is 0 Å². The summed E-state index contributed by atoms with van der Waals surface area (Å²) in [7, 11) is 0. The molecular weight excluding hydrogens is 354 g/mol. The summed E-state index contributed by atoms with van der Waals surface area (Å²) in [5, 5.41) is 19.5. The second-order valence-electron chi connectivity index (χ2n) is 8.19. The lowest BCUT2D eigenvalue weighted by molar-refractivity contribution is -0.128. The SMILES string of the molecule is CCC1([C@H](O)CC=C[C@H]2CCC(=O)N2CCc2ccc(C(=O)O)cc2)CCC1. The van der Waals surface area contributed by atoms with Crippen molar-refractivity contribution in [3.8, 4) is 0 Å². The van der Waals surface area contributed by atoms with Gasteiger partial charge in [-0.2, -0.15) is 0 Å². The van der Waals surface area contributed by atoms with E-state index in [2.05, 4.69) is 19.1 Å². The van der Waals surface area contributed by atoms with Crippen molar-refractivity contribution in [3.05, 3.63) is 47.5 Å². The van der Waals surface area contributed by atoms with Crippen LogP contribution in [0.25, 0.3) is 0 Å². The maximum absolute atomic E-state index is 12.3. The molecule has 1 saturated heterocycles. The van der Waals surface area contributed by atoms with Gasteiger partial charge in [-0.15, -0.1) is 0 Å². The lowest BCUT2D eigenvalue weighted by Gasteiger charge is -2.45. The van der Waals surface area contributed by atoms with Crippen molar-refractivity contribution < 1.29 is 19.8 Å². The molecule has 5 nitrogen and oxygen atoms in total. The summed E-state index contributed by atoms with van der Waals surface area (Å²) < 4.78 is 0. The molecule has 1 aliphatic heterocycles. The van der Waals surface area contributed by atoms with Crippen molar-refractivity contribution in [2.24, 2.45) is 5.41 Å². The van der Waals surface area contributed by atoms with Gasteiger partial charge in [-0.05, 0) is 61.6 Å². The number of benzene rings is 1. The first-order valence-electron chi connectivity index (χ1n) is 10.4. The molecule has 1 aromatic carbocycles. The van der Waals surface area contributed by atoms with Crippen LogP contribution in [0.3, 0.4) is 0 Å². The summed E-state index contributed by atoms with van der Waals surface area (Å²) in [6, 6.07) is 6.93. The van der Waals surface area contributed by atoms with Gasteiger partial charge >= 0.3 is 5.97 Å². The zero-order chi connectivity index (χ0) is 20.1. The van der Waals surface area contributed by atoms with E-state index in [-0.39, 0.29) is 29.0 Å². The maximum atomic E-state index is 12.3. The van der Waals surface area contributed by atoms with E-state index in [1.807, 2.05) is 17.0 Å². The topological polar surface area (TPSA) is 77.8 Å². The molecule has 1 heterocycles. The van der Waals surface area contributed by atoms with Crippen LogP contribution >= 0.6 is 0 Å². The molecule has 152 valence electrons. The number of likely N-dealkylation sites (tertiary alicyclic amines) is 1. The number of carboxylic acid groups (broad SMARTS) is 1. The summed E-state index contributed by atoms with van der Waals surface area (Å²) in [6.45, 7) is 2.79. The third kappa shape index (κ3) is 4.46. The van der Waals surface area contributed by atoms with E-state index in [4.69, 9.17) is 5.11 Å². The highest BCUT2D eigenvalue weighted by atomic mass is 16.4. The molecule has 2 aliphatic rings. The predicted molar refractivity (Wildman–Crippen MR) is 108 cm³/mol. The lowest BCUT2D eigenvalue weighted by Crippen LogP contribution is -2.40. The number of carbonyl (C=O) groups excluding carboxylic acids is 1. The van der Waals surface area contributed by atoms with E-state index in [0.29, 0.717) is 25.8 Å². The average molecular weight is 386 g/mol. The molecule has 1 saturated carbocycles. The summed E-state index contributed by atoms with van der Waals surface area (Å²) in [5.41, 5.74) is 1.41. The fourth-order valence-corrected chi connectivity index (χ4v) is 4.48. The molecule has 2 N–H and O–H groups in total. The van der Waals surface area contributed by atoms with Gasteiger partial charge in [0.2, 0.25) is 5.91 Å². The predicted octanol–water partition coefficient (Wildman–Crippen LogP) is 3.81. The van der Waals surface area contributed by atoms with Gasteiger partial charge in [0, 0.05) is 13.0 Å². The zero-order valence-corrected chi connectivity index (χ0v) is 16.6. The van der Waals surface area contributed by atoms with Crippen molar-refractivity contribution >= 4 is 11.9 Å². The quantitative estimate of drug-likeness (QED) is 0.634. The van der Waals surface area contributed by atoms with E-state index in [1.165, 1.54) is 6.42 Å². The number of carboxylic acids is 1. The Kier molecular flexibility index (Phi) is 6.55. The Balaban J connectivity index is 1.53. The van der Waals surface area contributed by atoms with Crippen molar-refractivity contribution in [3.63, 3.8) is 0 Å². The van der Waals surface area contributed by atoms with Gasteiger partial charge in [-0.25, -0.2) is 4.79 Å². The molecule has 1 aromatic rings. The number of hydrogen-bond donors (Lipinski definition) is 2. The van der Waals surface area contributed by atoms with Gasteiger partial charge in [-0.3, -0.25) is 4.79 Å². The van der Waals surface area contributed by atoms with Crippen LogP contribution in [-0.4, -0.2) is 45.7 Å². The molecular formula is C23H31NO4. The van der Waals surface area contributed by atoms with Crippen LogP contribution in [0, 0.1) is 5.41 Å². The molecule has 0 bridgehead atoms. The fourth-order valence-electron chi connectivity index (χ4n) is 4.48. The first-order valence-corrected chi connectivity index (χ1v) is 10.4. The third-order valence-electron chi connectivity index (χ3n) is 6.69. The molecule has 2 fully saturated rings. The highest BCUT2D eigenvalue weighted by Gasteiger charge is 2.41.